The van der Waals surface area contributed by atoms with Crippen LogP contribution in [0.15, 0.2) is 12.2 Å². The van der Waals surface area contributed by atoms with E-state index in [0.29, 0.717) is 5.41 Å². The predicted molar refractivity (Wildman–Crippen MR) is 46.5 cm³/mol. The van der Waals surface area contributed by atoms with Crippen LogP contribution in [0.3, 0.4) is 0 Å². The van der Waals surface area contributed by atoms with E-state index in [1.54, 1.807) is 48.5 Å². The molecule has 0 nitrogen and oxygen atoms in total. The van der Waals surface area contributed by atoms with Crippen LogP contribution in [-0.4, -0.2) is 7.80 Å². The molecule has 0 aliphatic heterocycles. The Morgan fingerprint density at radius 1 is 0.818 bits per heavy atom. The van der Waals surface area contributed by atoms with E-state index in [2.05, 4.69) is 27.4 Å². The summed E-state index contributed by atoms with van der Waals surface area (Å²) in [6, 6.07) is 0. The number of hydrogen-bond donors (Lipinski definition) is 0. The Balaban J connectivity index is -0.0000000180. The summed E-state index contributed by atoms with van der Waals surface area (Å²) in [7, 11) is 0. The van der Waals surface area contributed by atoms with E-state index in [0.717, 1.165) is 6.42 Å². The largest absolute Gasteiger partial charge is 0 e. The van der Waals surface area contributed by atoms with Crippen LogP contribution >= 0.6 is 0 Å². The van der Waals surface area contributed by atoms with E-state index in [1.165, 1.54) is 9.47 Å². The SMILES string of the molecule is C=C1CC(C)(C)[C-](C)[C](=[W])[C]1=[W].[W].[W].[W].[W].[W].[W].[W].[W].[W].[W]. The van der Waals surface area contributed by atoms with Crippen molar-refractivity contribution in [3.63, 3.8) is 0 Å². The molecule has 1 rings (SSSR count). The maximum Gasteiger partial charge on any atom is 0 e. The maximum absolute atomic E-state index is 4.14. The Hall–Kier alpha value is 7.74. The summed E-state index contributed by atoms with van der Waals surface area (Å²) in [4.78, 5) is 0. The minimum absolute atomic E-state index is 0. The smallest absolute Gasteiger partial charge is 0 e. The van der Waals surface area contributed by atoms with Crippen molar-refractivity contribution >= 4 is 7.80 Å². The van der Waals surface area contributed by atoms with Gasteiger partial charge in [0.15, 0.2) is 0 Å². The van der Waals surface area contributed by atoms with Gasteiger partial charge in [0.1, 0.15) is 0 Å². The zero-order valence-electron chi connectivity index (χ0n) is 11.8. The van der Waals surface area contributed by atoms with E-state index in [4.69, 9.17) is 0 Å². The first-order valence-electron chi connectivity index (χ1n) is 3.97. The maximum atomic E-state index is 4.14. The molecule has 1 aliphatic rings. The van der Waals surface area contributed by atoms with Gasteiger partial charge in [-0.05, 0) is 0 Å². The molecule has 12 heteroatoms. The first-order valence-corrected chi connectivity index (χ1v) is 6.90. The molecule has 0 aromatic rings. The Bertz CT molecular complexity index is 275. The molecule has 0 bridgehead atoms. The average Bonchev–Trinajstić information content (AvgIpc) is 1.97. The molecule has 0 aromatic carbocycles. The summed E-state index contributed by atoms with van der Waals surface area (Å²) in [5, 5.41) is 0. The minimum Gasteiger partial charge on any atom is 0 e. The number of hydrogen-bond acceptors (Lipinski definition) is 0. The summed E-state index contributed by atoms with van der Waals surface area (Å²) in [6.07, 6.45) is 1.15. The summed E-state index contributed by atoms with van der Waals surface area (Å²) < 4.78 is 3.08. The molecular formula is C10H13W12-. The van der Waals surface area contributed by atoms with Crippen molar-refractivity contribution in [1.82, 2.24) is 0 Å². The molecule has 0 saturated heterocycles. The molecule has 0 N–H and O–H groups in total. The summed E-state index contributed by atoms with van der Waals surface area (Å²) in [5.74, 6) is 1.58. The molecule has 1 aliphatic carbocycles. The van der Waals surface area contributed by atoms with Crippen LogP contribution < -0.4 is 0 Å². The van der Waals surface area contributed by atoms with Gasteiger partial charge in [0.05, 0.1) is 0 Å². The Morgan fingerprint density at radius 3 is 1.36 bits per heavy atom. The second-order valence-corrected chi connectivity index (χ2v) is 6.88. The van der Waals surface area contributed by atoms with Crippen LogP contribution in [-0.2, 0) is 249 Å². The van der Waals surface area contributed by atoms with Crippen LogP contribution in [0, 0.1) is 11.3 Å². The van der Waals surface area contributed by atoms with Gasteiger partial charge in [0.25, 0.3) is 0 Å². The third-order valence-corrected chi connectivity index (χ3v) is 8.16. The molecule has 0 heterocycles. The van der Waals surface area contributed by atoms with Gasteiger partial charge < -0.3 is 0 Å². The van der Waals surface area contributed by atoms with Crippen LogP contribution in [0.1, 0.15) is 27.2 Å². The molecule has 0 atom stereocenters. The van der Waals surface area contributed by atoms with Crippen LogP contribution in [0.2, 0.25) is 0 Å². The molecule has 0 radical (unpaired) electrons. The molecule has 0 amide bonds. The van der Waals surface area contributed by atoms with Crippen molar-refractivity contribution in [2.24, 2.45) is 5.41 Å². The standard InChI is InChI=1S/C10H13.12W/c1-8-5-6-9(2)10(3,4)7-8;;;;;;;;;;;;/h1,7H2,2-4H3;;;;;;;;;;;;/q-1;;;;;;;;;;;;. The van der Waals surface area contributed by atoms with Gasteiger partial charge in [-0.3, -0.25) is 0 Å². The second-order valence-electron chi connectivity index (χ2n) is 3.95. The molecule has 22 heavy (non-hydrogen) atoms. The van der Waals surface area contributed by atoms with Gasteiger partial charge in [-0.1, -0.05) is 0 Å². The van der Waals surface area contributed by atoms with Crippen molar-refractivity contribution in [3.8, 4) is 0 Å². The first-order chi connectivity index (χ1) is 5.36. The monoisotopic (exact) mass is 2340 g/mol. The fourth-order valence-corrected chi connectivity index (χ4v) is 3.71. The Morgan fingerprint density at radius 2 is 1.09 bits per heavy atom. The van der Waals surface area contributed by atoms with Gasteiger partial charge >= 0.3 is 97.2 Å². The first kappa shape index (κ1) is 63.0. The van der Waals surface area contributed by atoms with Crippen LogP contribution in [0.4, 0.5) is 0 Å². The van der Waals surface area contributed by atoms with Crippen molar-refractivity contribution in [2.45, 2.75) is 27.2 Å². The molecular weight excluding hydrogens is 2330 g/mol. The van der Waals surface area contributed by atoms with E-state index in [9.17, 15) is 0 Å². The third kappa shape index (κ3) is 21.0. The quantitative estimate of drug-likeness (QED) is 0.327. The average molecular weight is 2340 g/mol. The Kier molecular flexibility index (Phi) is 88.6. The van der Waals surface area contributed by atoms with Crippen molar-refractivity contribution in [2.75, 3.05) is 0 Å². The van der Waals surface area contributed by atoms with E-state index in [-0.39, 0.29) is 211 Å². The molecule has 0 unspecified atom stereocenters. The number of allylic oxidation sites excluding steroid dienone is 1. The minimum atomic E-state index is 0. The summed E-state index contributed by atoms with van der Waals surface area (Å²) >= 11 is 3.18. The van der Waals surface area contributed by atoms with Gasteiger partial charge in [0.2, 0.25) is 0 Å². The molecule has 1 saturated carbocycles. The fraction of sp³-hybridized carbons (Fsp3) is 0.500. The molecule has 0 spiro atoms. The van der Waals surface area contributed by atoms with Gasteiger partial charge in [-0.15, -0.1) is 0 Å². The zero-order chi connectivity index (χ0) is 9.52. The second kappa shape index (κ2) is 30.9. The normalized spacial score (nSPS) is 13.5. The third-order valence-electron chi connectivity index (χ3n) is 2.54. The number of rotatable bonds is 0. The van der Waals surface area contributed by atoms with Crippen molar-refractivity contribution in [1.29, 1.82) is 0 Å². The van der Waals surface area contributed by atoms with E-state index >= 15 is 0 Å². The molecule has 1 fully saturated rings. The van der Waals surface area contributed by atoms with Crippen molar-refractivity contribution < 1.29 is 249 Å². The molecule has 126 valence electrons. The fourth-order valence-electron chi connectivity index (χ4n) is 1.38. The van der Waals surface area contributed by atoms with E-state index in [1.807, 2.05) is 0 Å². The van der Waals surface area contributed by atoms with Crippen molar-refractivity contribution in [3.05, 3.63) is 18.1 Å². The summed E-state index contributed by atoms with van der Waals surface area (Å²) in [5.41, 5.74) is 1.72. The van der Waals surface area contributed by atoms with Crippen LogP contribution in [0.5, 0.6) is 0 Å². The topological polar surface area (TPSA) is 0 Å². The molecule has 0 aromatic heterocycles. The Labute approximate surface area is 301 Å². The van der Waals surface area contributed by atoms with Gasteiger partial charge in [-0.25, -0.2) is 0 Å². The van der Waals surface area contributed by atoms with Crippen LogP contribution in [0.25, 0.3) is 0 Å². The van der Waals surface area contributed by atoms with Gasteiger partial charge in [0, 0.05) is 211 Å². The zero-order valence-corrected chi connectivity index (χ0v) is 47.0. The predicted octanol–water partition coefficient (Wildman–Crippen LogP) is 1.98. The van der Waals surface area contributed by atoms with E-state index < -0.39 is 0 Å². The summed E-state index contributed by atoms with van der Waals surface area (Å²) in [6.45, 7) is 11.0. The van der Waals surface area contributed by atoms with Gasteiger partial charge in [-0.2, -0.15) is 0 Å².